The van der Waals surface area contributed by atoms with Crippen LogP contribution in [0.15, 0.2) is 18.5 Å². The minimum absolute atomic E-state index is 0.345. The van der Waals surface area contributed by atoms with Crippen molar-refractivity contribution in [3.05, 3.63) is 24.0 Å². The van der Waals surface area contributed by atoms with Crippen molar-refractivity contribution in [2.45, 2.75) is 31.7 Å². The van der Waals surface area contributed by atoms with Crippen LogP contribution in [0.5, 0.6) is 0 Å². The zero-order valence-corrected chi connectivity index (χ0v) is 11.0. The predicted octanol–water partition coefficient (Wildman–Crippen LogP) is 2.83. The van der Waals surface area contributed by atoms with Gasteiger partial charge in [0, 0.05) is 31.8 Å². The fourth-order valence-electron chi connectivity index (χ4n) is 2.34. The highest BCUT2D eigenvalue weighted by Crippen LogP contribution is 2.25. The molecular formula is C13H19ClN2O. The molecule has 1 atom stereocenters. The second-order valence-corrected chi connectivity index (χ2v) is 4.57. The number of anilines is 1. The second-order valence-electron chi connectivity index (χ2n) is 4.30. The van der Waals surface area contributed by atoms with Crippen LogP contribution in [0.1, 0.15) is 25.3 Å². The molecule has 1 aliphatic heterocycles. The van der Waals surface area contributed by atoms with Crippen LogP contribution in [-0.4, -0.2) is 30.8 Å². The van der Waals surface area contributed by atoms with Crippen molar-refractivity contribution in [2.24, 2.45) is 0 Å². The highest BCUT2D eigenvalue weighted by Gasteiger charge is 2.21. The van der Waals surface area contributed by atoms with Gasteiger partial charge in [0.05, 0.1) is 18.0 Å². The van der Waals surface area contributed by atoms with Gasteiger partial charge in [0.1, 0.15) is 0 Å². The molecule has 2 rings (SSSR count). The first-order chi connectivity index (χ1) is 8.35. The summed E-state index contributed by atoms with van der Waals surface area (Å²) in [5.74, 6) is 0.535. The van der Waals surface area contributed by atoms with E-state index in [9.17, 15) is 0 Å². The Morgan fingerprint density at radius 1 is 1.59 bits per heavy atom. The summed E-state index contributed by atoms with van der Waals surface area (Å²) in [5.41, 5.74) is 2.31. The van der Waals surface area contributed by atoms with Crippen LogP contribution < -0.4 is 4.90 Å². The van der Waals surface area contributed by atoms with E-state index in [-0.39, 0.29) is 0 Å². The smallest absolute Gasteiger partial charge is 0.0750 e. The standard InChI is InChI=1S/C13H19ClN2O/c1-2-17-12-4-3-7-16(10-12)13-9-15-6-5-11(13)8-14/h5-6,9,12H,2-4,7-8,10H2,1H3. The molecule has 2 heterocycles. The van der Waals surface area contributed by atoms with E-state index >= 15 is 0 Å². The number of hydrogen-bond acceptors (Lipinski definition) is 3. The Morgan fingerprint density at radius 3 is 3.24 bits per heavy atom. The average molecular weight is 255 g/mol. The van der Waals surface area contributed by atoms with Crippen LogP contribution in [0.25, 0.3) is 0 Å². The Morgan fingerprint density at radius 2 is 2.47 bits per heavy atom. The topological polar surface area (TPSA) is 25.4 Å². The molecule has 3 nitrogen and oxygen atoms in total. The van der Waals surface area contributed by atoms with Gasteiger partial charge in [-0.05, 0) is 31.4 Å². The summed E-state index contributed by atoms with van der Waals surface area (Å²) in [6.07, 6.45) is 6.37. The van der Waals surface area contributed by atoms with Crippen molar-refractivity contribution >= 4 is 17.3 Å². The Labute approximate surface area is 108 Å². The Kier molecular flexibility index (Phi) is 4.63. The third-order valence-corrected chi connectivity index (χ3v) is 3.44. The molecule has 0 aliphatic carbocycles. The molecule has 1 aromatic heterocycles. The number of nitrogens with zero attached hydrogens (tertiary/aromatic N) is 2. The number of rotatable bonds is 4. The fourth-order valence-corrected chi connectivity index (χ4v) is 2.57. The predicted molar refractivity (Wildman–Crippen MR) is 70.7 cm³/mol. The van der Waals surface area contributed by atoms with E-state index in [2.05, 4.69) is 9.88 Å². The van der Waals surface area contributed by atoms with Crippen LogP contribution in [0, 0.1) is 0 Å². The van der Waals surface area contributed by atoms with E-state index in [0.29, 0.717) is 12.0 Å². The van der Waals surface area contributed by atoms with Gasteiger partial charge in [0.25, 0.3) is 0 Å². The van der Waals surface area contributed by atoms with Crippen LogP contribution in [-0.2, 0) is 10.6 Å². The normalized spacial score (nSPS) is 20.6. The average Bonchev–Trinajstić information content (AvgIpc) is 2.39. The maximum atomic E-state index is 5.96. The highest BCUT2D eigenvalue weighted by molar-refractivity contribution is 6.17. The van der Waals surface area contributed by atoms with Crippen LogP contribution in [0.4, 0.5) is 5.69 Å². The summed E-state index contributed by atoms with van der Waals surface area (Å²) in [6.45, 7) is 4.85. The van der Waals surface area contributed by atoms with Crippen molar-refractivity contribution in [2.75, 3.05) is 24.6 Å². The summed E-state index contributed by atoms with van der Waals surface area (Å²) in [4.78, 5) is 6.54. The maximum Gasteiger partial charge on any atom is 0.0750 e. The molecule has 0 radical (unpaired) electrons. The van der Waals surface area contributed by atoms with E-state index in [4.69, 9.17) is 16.3 Å². The van der Waals surface area contributed by atoms with Crippen molar-refractivity contribution in [3.63, 3.8) is 0 Å². The summed E-state index contributed by atoms with van der Waals surface area (Å²) in [5, 5.41) is 0. The Bertz CT molecular complexity index is 357. The molecule has 1 fully saturated rings. The van der Waals surface area contributed by atoms with Crippen molar-refractivity contribution < 1.29 is 4.74 Å². The summed E-state index contributed by atoms with van der Waals surface area (Å²) >= 11 is 5.96. The monoisotopic (exact) mass is 254 g/mol. The zero-order chi connectivity index (χ0) is 12.1. The Balaban J connectivity index is 2.10. The molecule has 17 heavy (non-hydrogen) atoms. The molecule has 1 aromatic rings. The lowest BCUT2D eigenvalue weighted by Crippen LogP contribution is -2.40. The Hall–Kier alpha value is -0.800. The lowest BCUT2D eigenvalue weighted by Gasteiger charge is -2.34. The van der Waals surface area contributed by atoms with Crippen LogP contribution in [0.2, 0.25) is 0 Å². The molecule has 0 aromatic carbocycles. The molecular weight excluding hydrogens is 236 g/mol. The van der Waals surface area contributed by atoms with Crippen LogP contribution >= 0.6 is 11.6 Å². The van der Waals surface area contributed by atoms with Crippen molar-refractivity contribution in [1.82, 2.24) is 4.98 Å². The van der Waals surface area contributed by atoms with Crippen molar-refractivity contribution in [3.8, 4) is 0 Å². The number of aromatic nitrogens is 1. The third kappa shape index (κ3) is 3.11. The van der Waals surface area contributed by atoms with Gasteiger partial charge in [-0.25, -0.2) is 0 Å². The molecule has 4 heteroatoms. The number of ether oxygens (including phenoxy) is 1. The number of halogens is 1. The van der Waals surface area contributed by atoms with E-state index in [1.807, 2.05) is 19.2 Å². The van der Waals surface area contributed by atoms with E-state index < -0.39 is 0 Å². The number of alkyl halides is 1. The van der Waals surface area contributed by atoms with E-state index in [1.54, 1.807) is 6.20 Å². The number of pyridine rings is 1. The number of piperidine rings is 1. The van der Waals surface area contributed by atoms with Gasteiger partial charge in [-0.15, -0.1) is 11.6 Å². The summed E-state index contributed by atoms with van der Waals surface area (Å²) in [7, 11) is 0. The lowest BCUT2D eigenvalue weighted by atomic mass is 10.1. The van der Waals surface area contributed by atoms with Gasteiger partial charge in [-0.1, -0.05) is 0 Å². The molecule has 0 spiro atoms. The van der Waals surface area contributed by atoms with E-state index in [0.717, 1.165) is 37.4 Å². The first kappa shape index (κ1) is 12.7. The zero-order valence-electron chi connectivity index (χ0n) is 10.2. The van der Waals surface area contributed by atoms with Gasteiger partial charge in [0.2, 0.25) is 0 Å². The quantitative estimate of drug-likeness (QED) is 0.773. The number of hydrogen-bond donors (Lipinski definition) is 0. The van der Waals surface area contributed by atoms with Crippen molar-refractivity contribution in [1.29, 1.82) is 0 Å². The molecule has 94 valence electrons. The first-order valence-electron chi connectivity index (χ1n) is 6.20. The summed E-state index contributed by atoms with van der Waals surface area (Å²) < 4.78 is 5.71. The first-order valence-corrected chi connectivity index (χ1v) is 6.74. The van der Waals surface area contributed by atoms with Gasteiger partial charge >= 0.3 is 0 Å². The molecule has 0 N–H and O–H groups in total. The minimum atomic E-state index is 0.345. The maximum absolute atomic E-state index is 5.96. The second kappa shape index (κ2) is 6.22. The lowest BCUT2D eigenvalue weighted by molar-refractivity contribution is 0.0526. The molecule has 0 amide bonds. The van der Waals surface area contributed by atoms with Crippen LogP contribution in [0.3, 0.4) is 0 Å². The van der Waals surface area contributed by atoms with Gasteiger partial charge in [-0.3, -0.25) is 4.98 Å². The molecule has 1 aliphatic rings. The minimum Gasteiger partial charge on any atom is -0.377 e. The van der Waals surface area contributed by atoms with Gasteiger partial charge in [-0.2, -0.15) is 0 Å². The van der Waals surface area contributed by atoms with Gasteiger partial charge < -0.3 is 9.64 Å². The largest absolute Gasteiger partial charge is 0.377 e. The highest BCUT2D eigenvalue weighted by atomic mass is 35.5. The fraction of sp³-hybridized carbons (Fsp3) is 0.615. The molecule has 0 saturated carbocycles. The third-order valence-electron chi connectivity index (χ3n) is 3.15. The molecule has 1 saturated heterocycles. The van der Waals surface area contributed by atoms with E-state index in [1.165, 1.54) is 6.42 Å². The van der Waals surface area contributed by atoms with Gasteiger partial charge in [0.15, 0.2) is 0 Å². The SMILES string of the molecule is CCOC1CCCN(c2cnccc2CCl)C1. The summed E-state index contributed by atoms with van der Waals surface area (Å²) in [6, 6.07) is 1.99. The molecule has 0 bridgehead atoms. The molecule has 1 unspecified atom stereocenters.